The number of nitrogens with one attached hydrogen (secondary N) is 2. The van der Waals surface area contributed by atoms with E-state index in [1.807, 2.05) is 6.92 Å². The van der Waals surface area contributed by atoms with E-state index < -0.39 is 0 Å². The Morgan fingerprint density at radius 1 is 1.33 bits per heavy atom. The molecule has 0 aliphatic carbocycles. The van der Waals surface area contributed by atoms with Crippen molar-refractivity contribution in [2.45, 2.75) is 58.5 Å². The average molecular weight is 330 g/mol. The van der Waals surface area contributed by atoms with Crippen molar-refractivity contribution in [3.05, 3.63) is 23.4 Å². The van der Waals surface area contributed by atoms with Gasteiger partial charge in [-0.25, -0.2) is 9.97 Å². The van der Waals surface area contributed by atoms with Crippen LogP contribution in [0.2, 0.25) is 0 Å². The summed E-state index contributed by atoms with van der Waals surface area (Å²) in [4.78, 5) is 11.5. The van der Waals surface area contributed by atoms with Crippen molar-refractivity contribution in [1.29, 1.82) is 0 Å². The number of aromatic nitrogens is 6. The second kappa shape index (κ2) is 7.65. The van der Waals surface area contributed by atoms with Crippen LogP contribution in [-0.2, 0) is 6.42 Å². The summed E-state index contributed by atoms with van der Waals surface area (Å²) in [5.41, 5.74) is 1.14. The van der Waals surface area contributed by atoms with Gasteiger partial charge in [0.2, 0.25) is 0 Å². The molecule has 3 rings (SSSR count). The number of piperidine rings is 1. The van der Waals surface area contributed by atoms with Crippen LogP contribution in [0.25, 0.3) is 0 Å². The van der Waals surface area contributed by atoms with Crippen molar-refractivity contribution in [1.82, 2.24) is 35.9 Å². The summed E-state index contributed by atoms with van der Waals surface area (Å²) in [6.07, 6.45) is 4.27. The fourth-order valence-electron chi connectivity index (χ4n) is 3.21. The molecule has 0 saturated carbocycles. The van der Waals surface area contributed by atoms with Crippen molar-refractivity contribution in [3.8, 4) is 0 Å². The Kier molecular flexibility index (Phi) is 5.34. The molecule has 8 heteroatoms. The standard InChI is InChI=1S/C16H26N8/c1-4-5-14-10-15(19-12(3)18-14)24-8-6-13(7-9-24)17-11(2)16-20-22-23-21-16/h10-11,13,17H,4-9H2,1-3H3,(H,20,21,22,23)/t11-/m0/s1. The number of hydrogen-bond acceptors (Lipinski definition) is 7. The van der Waals surface area contributed by atoms with Crippen molar-refractivity contribution in [2.75, 3.05) is 18.0 Å². The van der Waals surface area contributed by atoms with Crippen LogP contribution in [0.4, 0.5) is 5.82 Å². The van der Waals surface area contributed by atoms with E-state index >= 15 is 0 Å². The Labute approximate surface area is 142 Å². The van der Waals surface area contributed by atoms with Gasteiger partial charge in [-0.05, 0) is 33.1 Å². The summed E-state index contributed by atoms with van der Waals surface area (Å²) in [6.45, 7) is 8.22. The predicted molar refractivity (Wildman–Crippen MR) is 91.7 cm³/mol. The van der Waals surface area contributed by atoms with E-state index in [9.17, 15) is 0 Å². The molecule has 1 atom stereocenters. The lowest BCUT2D eigenvalue weighted by molar-refractivity contribution is 0.373. The topological polar surface area (TPSA) is 95.5 Å². The van der Waals surface area contributed by atoms with Gasteiger partial charge in [0.1, 0.15) is 11.6 Å². The molecule has 0 bridgehead atoms. The number of hydrogen-bond donors (Lipinski definition) is 2. The normalized spacial score (nSPS) is 17.2. The average Bonchev–Trinajstić information content (AvgIpc) is 3.10. The van der Waals surface area contributed by atoms with Crippen LogP contribution >= 0.6 is 0 Å². The molecule has 1 fully saturated rings. The second-order valence-corrected chi connectivity index (χ2v) is 6.43. The molecule has 0 unspecified atom stereocenters. The highest BCUT2D eigenvalue weighted by Crippen LogP contribution is 2.21. The lowest BCUT2D eigenvalue weighted by atomic mass is 10.0. The van der Waals surface area contributed by atoms with Gasteiger partial charge in [-0.15, -0.1) is 10.2 Å². The number of H-pyrrole nitrogens is 1. The molecule has 2 N–H and O–H groups in total. The number of tetrazole rings is 1. The lowest BCUT2D eigenvalue weighted by Gasteiger charge is -2.34. The molecule has 3 heterocycles. The largest absolute Gasteiger partial charge is 0.356 e. The van der Waals surface area contributed by atoms with Gasteiger partial charge in [-0.1, -0.05) is 18.6 Å². The lowest BCUT2D eigenvalue weighted by Crippen LogP contribution is -2.43. The van der Waals surface area contributed by atoms with Gasteiger partial charge < -0.3 is 10.2 Å². The van der Waals surface area contributed by atoms with Gasteiger partial charge in [0.05, 0.1) is 6.04 Å². The van der Waals surface area contributed by atoms with Crippen LogP contribution in [0.15, 0.2) is 6.07 Å². The van der Waals surface area contributed by atoms with Crippen LogP contribution < -0.4 is 10.2 Å². The molecule has 130 valence electrons. The third-order valence-corrected chi connectivity index (χ3v) is 4.44. The smallest absolute Gasteiger partial charge is 0.191 e. The highest BCUT2D eigenvalue weighted by molar-refractivity contribution is 5.40. The van der Waals surface area contributed by atoms with E-state index in [4.69, 9.17) is 0 Å². The summed E-state index contributed by atoms with van der Waals surface area (Å²) in [5.74, 6) is 2.64. The van der Waals surface area contributed by atoms with Gasteiger partial charge in [0, 0.05) is 30.9 Å². The van der Waals surface area contributed by atoms with Crippen LogP contribution in [0.1, 0.15) is 56.5 Å². The number of rotatable bonds is 6. The molecular formula is C16H26N8. The zero-order chi connectivity index (χ0) is 16.9. The molecule has 1 aliphatic rings. The molecule has 2 aromatic rings. The molecule has 1 aliphatic heterocycles. The Balaban J connectivity index is 1.57. The van der Waals surface area contributed by atoms with Crippen molar-refractivity contribution in [2.24, 2.45) is 0 Å². The monoisotopic (exact) mass is 330 g/mol. The minimum Gasteiger partial charge on any atom is -0.356 e. The van der Waals surface area contributed by atoms with Crippen LogP contribution in [0.5, 0.6) is 0 Å². The highest BCUT2D eigenvalue weighted by atomic mass is 15.5. The third kappa shape index (κ3) is 4.05. The number of aryl methyl sites for hydroxylation is 2. The van der Waals surface area contributed by atoms with Crippen molar-refractivity contribution in [3.63, 3.8) is 0 Å². The van der Waals surface area contributed by atoms with Gasteiger partial charge in [-0.3, -0.25) is 0 Å². The molecular weight excluding hydrogens is 304 g/mol. The zero-order valence-corrected chi connectivity index (χ0v) is 14.7. The second-order valence-electron chi connectivity index (χ2n) is 6.43. The number of nitrogens with zero attached hydrogens (tertiary/aromatic N) is 6. The SMILES string of the molecule is CCCc1cc(N2CCC(N[C@@H](C)c3nn[nH]n3)CC2)nc(C)n1. The van der Waals surface area contributed by atoms with Crippen molar-refractivity contribution >= 4 is 5.82 Å². The van der Waals surface area contributed by atoms with E-state index in [-0.39, 0.29) is 6.04 Å². The Morgan fingerprint density at radius 2 is 2.12 bits per heavy atom. The molecule has 0 aromatic carbocycles. The zero-order valence-electron chi connectivity index (χ0n) is 14.7. The maximum absolute atomic E-state index is 4.63. The first-order valence-electron chi connectivity index (χ1n) is 8.74. The van der Waals surface area contributed by atoms with Crippen LogP contribution in [-0.4, -0.2) is 49.7 Å². The Hall–Kier alpha value is -2.09. The fraction of sp³-hybridized carbons (Fsp3) is 0.688. The van der Waals surface area contributed by atoms with Crippen LogP contribution in [0.3, 0.4) is 0 Å². The summed E-state index contributed by atoms with van der Waals surface area (Å²) < 4.78 is 0. The molecule has 0 amide bonds. The number of aromatic amines is 1. The van der Waals surface area contributed by atoms with E-state index in [1.54, 1.807) is 0 Å². The summed E-state index contributed by atoms with van der Waals surface area (Å²) in [6, 6.07) is 2.72. The highest BCUT2D eigenvalue weighted by Gasteiger charge is 2.23. The summed E-state index contributed by atoms with van der Waals surface area (Å²) in [5, 5.41) is 17.8. The molecule has 2 aromatic heterocycles. The molecule has 24 heavy (non-hydrogen) atoms. The maximum Gasteiger partial charge on any atom is 0.191 e. The summed E-state index contributed by atoms with van der Waals surface area (Å²) in [7, 11) is 0. The first-order chi connectivity index (χ1) is 11.7. The Bertz CT molecular complexity index is 634. The van der Waals surface area contributed by atoms with E-state index in [1.165, 1.54) is 0 Å². The van der Waals surface area contributed by atoms with Gasteiger partial charge >= 0.3 is 0 Å². The van der Waals surface area contributed by atoms with E-state index in [2.05, 4.69) is 60.7 Å². The minimum absolute atomic E-state index is 0.109. The van der Waals surface area contributed by atoms with E-state index in [0.717, 1.165) is 56.1 Å². The van der Waals surface area contributed by atoms with Crippen molar-refractivity contribution < 1.29 is 0 Å². The first kappa shape index (κ1) is 16.8. The van der Waals surface area contributed by atoms with Gasteiger partial charge in [-0.2, -0.15) is 5.21 Å². The minimum atomic E-state index is 0.109. The third-order valence-electron chi connectivity index (χ3n) is 4.44. The maximum atomic E-state index is 4.63. The number of anilines is 1. The fourth-order valence-corrected chi connectivity index (χ4v) is 3.21. The molecule has 0 spiro atoms. The first-order valence-corrected chi connectivity index (χ1v) is 8.74. The van der Waals surface area contributed by atoms with Crippen LogP contribution in [0, 0.1) is 6.92 Å². The molecule has 0 radical (unpaired) electrons. The predicted octanol–water partition coefficient (Wildman–Crippen LogP) is 1.57. The van der Waals surface area contributed by atoms with Gasteiger partial charge in [0.15, 0.2) is 5.82 Å². The molecule has 8 nitrogen and oxygen atoms in total. The van der Waals surface area contributed by atoms with Gasteiger partial charge in [0.25, 0.3) is 0 Å². The quantitative estimate of drug-likeness (QED) is 0.830. The van der Waals surface area contributed by atoms with E-state index in [0.29, 0.717) is 11.9 Å². The summed E-state index contributed by atoms with van der Waals surface area (Å²) >= 11 is 0. The Morgan fingerprint density at radius 3 is 2.79 bits per heavy atom. The molecule has 1 saturated heterocycles.